The first-order valence-corrected chi connectivity index (χ1v) is 8.05. The highest BCUT2D eigenvalue weighted by Gasteiger charge is 2.56. The highest BCUT2D eigenvalue weighted by molar-refractivity contribution is 9.10. The van der Waals surface area contributed by atoms with Crippen molar-refractivity contribution in [2.75, 3.05) is 7.05 Å². The summed E-state index contributed by atoms with van der Waals surface area (Å²) in [7, 11) is 2.09. The summed E-state index contributed by atoms with van der Waals surface area (Å²) in [6.07, 6.45) is 6.89. The molecule has 104 valence electrons. The predicted molar refractivity (Wildman–Crippen MR) is 81.7 cm³/mol. The maximum atomic E-state index is 6.30. The van der Waals surface area contributed by atoms with Crippen molar-refractivity contribution < 1.29 is 4.74 Å². The van der Waals surface area contributed by atoms with Crippen LogP contribution in [-0.2, 0) is 0 Å². The topological polar surface area (TPSA) is 21.3 Å². The van der Waals surface area contributed by atoms with Gasteiger partial charge in [-0.15, -0.1) is 0 Å². The highest BCUT2D eigenvalue weighted by Crippen LogP contribution is 2.54. The lowest BCUT2D eigenvalue weighted by Gasteiger charge is -2.53. The first-order chi connectivity index (χ1) is 9.15. The standard InChI is InChI=1S/C16H22BrNO/c1-11-9-12(5-6-13(11)17)19-15-10-14(18-2)16(15)7-3-4-8-16/h5-6,9,14-15,18H,3-4,7-8,10H2,1-2H3. The van der Waals surface area contributed by atoms with Gasteiger partial charge in [0, 0.05) is 22.4 Å². The van der Waals surface area contributed by atoms with Crippen molar-refractivity contribution in [1.82, 2.24) is 5.32 Å². The average Bonchev–Trinajstić information content (AvgIpc) is 2.90. The minimum absolute atomic E-state index is 0.396. The summed E-state index contributed by atoms with van der Waals surface area (Å²) in [5.41, 5.74) is 1.64. The van der Waals surface area contributed by atoms with Crippen LogP contribution in [0.1, 0.15) is 37.7 Å². The number of rotatable bonds is 3. The highest BCUT2D eigenvalue weighted by atomic mass is 79.9. The lowest BCUT2D eigenvalue weighted by atomic mass is 9.60. The molecule has 19 heavy (non-hydrogen) atoms. The molecule has 3 heteroatoms. The molecule has 1 N–H and O–H groups in total. The van der Waals surface area contributed by atoms with Gasteiger partial charge in [-0.2, -0.15) is 0 Å². The Bertz CT molecular complexity index is 468. The largest absolute Gasteiger partial charge is 0.490 e. The molecule has 0 saturated heterocycles. The third kappa shape index (κ3) is 2.21. The van der Waals surface area contributed by atoms with Gasteiger partial charge in [0.25, 0.3) is 0 Å². The van der Waals surface area contributed by atoms with Gasteiger partial charge in [0.05, 0.1) is 0 Å². The summed E-state index contributed by atoms with van der Waals surface area (Å²) in [5.74, 6) is 1.02. The number of benzene rings is 1. The van der Waals surface area contributed by atoms with Gasteiger partial charge >= 0.3 is 0 Å². The second kappa shape index (κ2) is 5.10. The summed E-state index contributed by atoms with van der Waals surface area (Å²) in [6, 6.07) is 6.95. The molecule has 0 radical (unpaired) electrons. The molecule has 2 nitrogen and oxygen atoms in total. The fraction of sp³-hybridized carbons (Fsp3) is 0.625. The van der Waals surface area contributed by atoms with Gasteiger partial charge in [-0.1, -0.05) is 28.8 Å². The number of nitrogens with one attached hydrogen (secondary N) is 1. The van der Waals surface area contributed by atoms with Crippen LogP contribution in [0.25, 0.3) is 0 Å². The minimum Gasteiger partial charge on any atom is -0.490 e. The Kier molecular flexibility index (Phi) is 3.61. The Morgan fingerprint density at radius 2 is 2.05 bits per heavy atom. The second-order valence-electron chi connectivity index (χ2n) is 6.03. The molecule has 0 bridgehead atoms. The van der Waals surface area contributed by atoms with Gasteiger partial charge < -0.3 is 10.1 Å². The zero-order valence-electron chi connectivity index (χ0n) is 11.7. The summed E-state index contributed by atoms with van der Waals surface area (Å²) in [4.78, 5) is 0. The Morgan fingerprint density at radius 1 is 1.32 bits per heavy atom. The number of ether oxygens (including phenoxy) is 1. The van der Waals surface area contributed by atoms with E-state index in [9.17, 15) is 0 Å². The Labute approximate surface area is 124 Å². The quantitative estimate of drug-likeness (QED) is 0.905. The van der Waals surface area contributed by atoms with Crippen molar-refractivity contribution in [2.24, 2.45) is 5.41 Å². The fourth-order valence-electron chi connectivity index (χ4n) is 3.88. The molecule has 0 heterocycles. The lowest BCUT2D eigenvalue weighted by Crippen LogP contribution is -2.63. The summed E-state index contributed by atoms with van der Waals surface area (Å²) in [6.45, 7) is 2.11. The molecule has 2 fully saturated rings. The van der Waals surface area contributed by atoms with E-state index >= 15 is 0 Å². The molecular formula is C16H22BrNO. The average molecular weight is 324 g/mol. The Morgan fingerprint density at radius 3 is 2.68 bits per heavy atom. The van der Waals surface area contributed by atoms with Crippen molar-refractivity contribution in [3.8, 4) is 5.75 Å². The number of hydrogen-bond acceptors (Lipinski definition) is 2. The van der Waals surface area contributed by atoms with Crippen LogP contribution in [-0.4, -0.2) is 19.2 Å². The Balaban J connectivity index is 1.75. The van der Waals surface area contributed by atoms with E-state index in [1.807, 2.05) is 0 Å². The molecule has 3 rings (SSSR count). The monoisotopic (exact) mass is 323 g/mol. The molecule has 2 aliphatic rings. The van der Waals surface area contributed by atoms with Gasteiger partial charge in [0.1, 0.15) is 11.9 Å². The molecule has 2 aliphatic carbocycles. The van der Waals surface area contributed by atoms with Crippen molar-refractivity contribution in [2.45, 2.75) is 51.2 Å². The normalized spacial score (nSPS) is 28.4. The molecule has 0 aromatic heterocycles. The number of hydrogen-bond donors (Lipinski definition) is 1. The van der Waals surface area contributed by atoms with E-state index in [1.54, 1.807) is 0 Å². The van der Waals surface area contributed by atoms with Crippen LogP contribution in [0.4, 0.5) is 0 Å². The van der Waals surface area contributed by atoms with Crippen LogP contribution >= 0.6 is 15.9 Å². The van der Waals surface area contributed by atoms with Crippen LogP contribution in [0.2, 0.25) is 0 Å². The fourth-order valence-corrected chi connectivity index (χ4v) is 4.12. The van der Waals surface area contributed by atoms with E-state index in [1.165, 1.54) is 31.2 Å². The predicted octanol–water partition coefficient (Wildman–Crippen LogP) is 4.06. The molecule has 1 spiro atoms. The SMILES string of the molecule is CNC1CC(Oc2ccc(Br)c(C)c2)C12CCCC2. The van der Waals surface area contributed by atoms with Gasteiger partial charge in [0.2, 0.25) is 0 Å². The molecular weight excluding hydrogens is 302 g/mol. The summed E-state index contributed by atoms with van der Waals surface area (Å²) < 4.78 is 7.45. The van der Waals surface area contributed by atoms with Gasteiger partial charge in [-0.05, 0) is 50.6 Å². The van der Waals surface area contributed by atoms with Crippen molar-refractivity contribution >= 4 is 15.9 Å². The molecule has 0 amide bonds. The molecule has 2 unspecified atom stereocenters. The van der Waals surface area contributed by atoms with E-state index in [4.69, 9.17) is 4.74 Å². The zero-order valence-corrected chi connectivity index (χ0v) is 13.3. The van der Waals surface area contributed by atoms with Crippen LogP contribution < -0.4 is 10.1 Å². The van der Waals surface area contributed by atoms with Crippen LogP contribution in [0, 0.1) is 12.3 Å². The van der Waals surface area contributed by atoms with E-state index < -0.39 is 0 Å². The second-order valence-corrected chi connectivity index (χ2v) is 6.89. The van der Waals surface area contributed by atoms with E-state index in [0.717, 1.165) is 16.6 Å². The summed E-state index contributed by atoms with van der Waals surface area (Å²) >= 11 is 3.54. The van der Waals surface area contributed by atoms with Gasteiger partial charge in [-0.3, -0.25) is 0 Å². The maximum absolute atomic E-state index is 6.30. The van der Waals surface area contributed by atoms with E-state index in [2.05, 4.69) is 53.4 Å². The smallest absolute Gasteiger partial charge is 0.120 e. The lowest BCUT2D eigenvalue weighted by molar-refractivity contribution is -0.0736. The first-order valence-electron chi connectivity index (χ1n) is 7.26. The van der Waals surface area contributed by atoms with Crippen LogP contribution in [0.5, 0.6) is 5.75 Å². The molecule has 2 saturated carbocycles. The van der Waals surface area contributed by atoms with Crippen molar-refractivity contribution in [3.05, 3.63) is 28.2 Å². The van der Waals surface area contributed by atoms with Crippen LogP contribution in [0.3, 0.4) is 0 Å². The molecule has 2 atom stereocenters. The van der Waals surface area contributed by atoms with Crippen LogP contribution in [0.15, 0.2) is 22.7 Å². The van der Waals surface area contributed by atoms with E-state index in [-0.39, 0.29) is 0 Å². The first kappa shape index (κ1) is 13.4. The third-order valence-corrected chi connectivity index (χ3v) is 5.97. The Hall–Kier alpha value is -0.540. The molecule has 1 aromatic rings. The number of halogens is 1. The van der Waals surface area contributed by atoms with Gasteiger partial charge in [-0.25, -0.2) is 0 Å². The molecule has 0 aliphatic heterocycles. The minimum atomic E-state index is 0.396. The van der Waals surface area contributed by atoms with E-state index in [0.29, 0.717) is 17.6 Å². The number of aryl methyl sites for hydroxylation is 1. The maximum Gasteiger partial charge on any atom is 0.120 e. The van der Waals surface area contributed by atoms with Crippen molar-refractivity contribution in [1.29, 1.82) is 0 Å². The third-order valence-electron chi connectivity index (χ3n) is 5.08. The zero-order chi connectivity index (χ0) is 13.5. The molecule has 1 aromatic carbocycles. The summed E-state index contributed by atoms with van der Waals surface area (Å²) in [5, 5.41) is 3.48. The van der Waals surface area contributed by atoms with Gasteiger partial charge in [0.15, 0.2) is 0 Å². The van der Waals surface area contributed by atoms with Crippen molar-refractivity contribution in [3.63, 3.8) is 0 Å².